The van der Waals surface area contributed by atoms with Gasteiger partial charge in [-0.25, -0.2) is 0 Å². The van der Waals surface area contributed by atoms with E-state index in [9.17, 15) is 9.59 Å². The summed E-state index contributed by atoms with van der Waals surface area (Å²) in [5.74, 6) is 0.743. The van der Waals surface area contributed by atoms with Gasteiger partial charge in [0.2, 0.25) is 0 Å². The smallest absolute Gasteiger partial charge is 0.251 e. The first-order valence-electron chi connectivity index (χ1n) is 12.2. The molecule has 0 fully saturated rings. The van der Waals surface area contributed by atoms with Gasteiger partial charge < -0.3 is 10.1 Å². The minimum Gasteiger partial charge on any atom is -0.488 e. The monoisotopic (exact) mass is 479 g/mol. The van der Waals surface area contributed by atoms with Crippen LogP contribution in [0, 0.1) is 13.8 Å². The Morgan fingerprint density at radius 2 is 1.86 bits per heavy atom. The van der Waals surface area contributed by atoms with Crippen molar-refractivity contribution in [1.29, 1.82) is 0 Å². The van der Waals surface area contributed by atoms with Crippen LogP contribution in [-0.4, -0.2) is 34.1 Å². The van der Waals surface area contributed by atoms with Crippen molar-refractivity contribution in [1.82, 2.24) is 15.1 Å². The number of carbonyl (C=O) groups is 2. The van der Waals surface area contributed by atoms with Crippen molar-refractivity contribution >= 4 is 11.7 Å². The lowest BCUT2D eigenvalue weighted by Gasteiger charge is -2.12. The van der Waals surface area contributed by atoms with Crippen LogP contribution in [0.1, 0.15) is 50.2 Å². The molecule has 6 nitrogen and oxygen atoms in total. The molecule has 1 amide bonds. The van der Waals surface area contributed by atoms with Gasteiger partial charge in [0.25, 0.3) is 5.91 Å². The molecule has 0 spiro atoms. The standard InChI is InChI=1S/C30H29N3O3/c1-19-13-20(2)33(32-19)18-22-7-6-8-24(14-22)30(35)31-17-26-16-25-15-23(11-12-29(25)36-26)28-10-5-4-9-27(28)21(3)34/h4-15,26H,16-18H2,1-3H3,(H,31,35)/t26-/m1/s1. The van der Waals surface area contributed by atoms with E-state index in [0.717, 1.165) is 39.4 Å². The van der Waals surface area contributed by atoms with Crippen molar-refractivity contribution in [3.8, 4) is 16.9 Å². The zero-order chi connectivity index (χ0) is 25.2. The van der Waals surface area contributed by atoms with E-state index in [1.807, 2.05) is 85.3 Å². The van der Waals surface area contributed by atoms with Gasteiger partial charge >= 0.3 is 0 Å². The van der Waals surface area contributed by atoms with Crippen molar-refractivity contribution in [3.05, 3.63) is 106 Å². The fourth-order valence-corrected chi connectivity index (χ4v) is 4.77. The van der Waals surface area contributed by atoms with Crippen LogP contribution in [-0.2, 0) is 13.0 Å². The summed E-state index contributed by atoms with van der Waals surface area (Å²) in [6.45, 7) is 6.62. The maximum Gasteiger partial charge on any atom is 0.251 e. The number of ketones is 1. The highest BCUT2D eigenvalue weighted by molar-refractivity contribution is 6.00. The van der Waals surface area contributed by atoms with E-state index in [2.05, 4.69) is 16.5 Å². The summed E-state index contributed by atoms with van der Waals surface area (Å²) in [6, 6.07) is 23.3. The number of ether oxygens (including phenoxy) is 1. The topological polar surface area (TPSA) is 73.2 Å². The second-order valence-electron chi connectivity index (χ2n) is 9.36. The Bertz CT molecular complexity index is 1450. The normalized spacial score (nSPS) is 14.2. The Labute approximate surface area is 210 Å². The van der Waals surface area contributed by atoms with Crippen molar-refractivity contribution in [3.63, 3.8) is 0 Å². The summed E-state index contributed by atoms with van der Waals surface area (Å²) >= 11 is 0. The SMILES string of the molecule is CC(=O)c1ccccc1-c1ccc2c(c1)C[C@H](CNC(=O)c1cccc(Cn3nc(C)cc3C)c1)O2. The maximum absolute atomic E-state index is 12.9. The van der Waals surface area contributed by atoms with Crippen LogP contribution in [0.4, 0.5) is 0 Å². The third-order valence-electron chi connectivity index (χ3n) is 6.53. The molecule has 1 atom stereocenters. The summed E-state index contributed by atoms with van der Waals surface area (Å²) in [5.41, 5.74) is 7.42. The molecular weight excluding hydrogens is 450 g/mol. The van der Waals surface area contributed by atoms with Crippen molar-refractivity contribution in [2.24, 2.45) is 0 Å². The molecule has 0 saturated carbocycles. The zero-order valence-corrected chi connectivity index (χ0v) is 20.7. The molecular formula is C30H29N3O3. The molecule has 36 heavy (non-hydrogen) atoms. The number of carbonyl (C=O) groups excluding carboxylic acids is 2. The Morgan fingerprint density at radius 1 is 1.03 bits per heavy atom. The Kier molecular flexibility index (Phi) is 6.42. The number of hydrogen-bond acceptors (Lipinski definition) is 4. The van der Waals surface area contributed by atoms with Crippen LogP contribution in [0.5, 0.6) is 5.75 Å². The number of amides is 1. The minimum atomic E-state index is -0.139. The van der Waals surface area contributed by atoms with Crippen LogP contribution < -0.4 is 10.1 Å². The molecule has 1 aromatic heterocycles. The molecule has 0 bridgehead atoms. The highest BCUT2D eigenvalue weighted by Gasteiger charge is 2.24. The molecule has 6 heteroatoms. The van der Waals surface area contributed by atoms with Gasteiger partial charge in [-0.3, -0.25) is 14.3 Å². The lowest BCUT2D eigenvalue weighted by Crippen LogP contribution is -2.34. The summed E-state index contributed by atoms with van der Waals surface area (Å²) in [7, 11) is 0. The van der Waals surface area contributed by atoms with Crippen LogP contribution in [0.25, 0.3) is 11.1 Å². The number of rotatable bonds is 7. The van der Waals surface area contributed by atoms with E-state index in [4.69, 9.17) is 4.74 Å². The number of aromatic nitrogens is 2. The predicted octanol–water partition coefficient (Wildman–Crippen LogP) is 5.15. The molecule has 2 heterocycles. The molecule has 4 aromatic rings. The van der Waals surface area contributed by atoms with Gasteiger partial charge in [-0.2, -0.15) is 5.10 Å². The Hall–Kier alpha value is -4.19. The van der Waals surface area contributed by atoms with Crippen LogP contribution in [0.15, 0.2) is 72.8 Å². The van der Waals surface area contributed by atoms with E-state index >= 15 is 0 Å². The third kappa shape index (κ3) is 4.93. The highest BCUT2D eigenvalue weighted by atomic mass is 16.5. The lowest BCUT2D eigenvalue weighted by atomic mass is 9.95. The number of hydrogen-bond donors (Lipinski definition) is 1. The molecule has 1 aliphatic rings. The largest absolute Gasteiger partial charge is 0.488 e. The molecule has 1 N–H and O–H groups in total. The van der Waals surface area contributed by atoms with Gasteiger partial charge in [-0.1, -0.05) is 42.5 Å². The quantitative estimate of drug-likeness (QED) is 0.372. The molecule has 1 aliphatic heterocycles. The van der Waals surface area contributed by atoms with Crippen molar-refractivity contribution in [2.75, 3.05) is 6.54 Å². The first-order valence-corrected chi connectivity index (χ1v) is 12.2. The summed E-state index contributed by atoms with van der Waals surface area (Å²) in [5, 5.41) is 7.53. The van der Waals surface area contributed by atoms with Crippen LogP contribution >= 0.6 is 0 Å². The number of Topliss-reactive ketones (excluding diaryl/α,β-unsaturated/α-hetero) is 1. The predicted molar refractivity (Wildman–Crippen MR) is 140 cm³/mol. The van der Waals surface area contributed by atoms with Gasteiger partial charge in [0.15, 0.2) is 5.78 Å². The van der Waals surface area contributed by atoms with Crippen molar-refractivity contribution < 1.29 is 14.3 Å². The molecule has 182 valence electrons. The number of aryl methyl sites for hydroxylation is 2. The molecule has 0 aliphatic carbocycles. The zero-order valence-electron chi connectivity index (χ0n) is 20.7. The van der Waals surface area contributed by atoms with Gasteiger partial charge in [-0.05, 0) is 73.4 Å². The maximum atomic E-state index is 12.9. The van der Waals surface area contributed by atoms with Crippen molar-refractivity contribution in [2.45, 2.75) is 39.8 Å². The molecule has 0 radical (unpaired) electrons. The van der Waals surface area contributed by atoms with Crippen LogP contribution in [0.2, 0.25) is 0 Å². The van der Waals surface area contributed by atoms with Gasteiger partial charge in [-0.15, -0.1) is 0 Å². The lowest BCUT2D eigenvalue weighted by molar-refractivity contribution is 0.0932. The number of benzene rings is 3. The number of nitrogens with zero attached hydrogens (tertiary/aromatic N) is 2. The molecule has 5 rings (SSSR count). The van der Waals surface area contributed by atoms with Crippen LogP contribution in [0.3, 0.4) is 0 Å². The third-order valence-corrected chi connectivity index (χ3v) is 6.53. The summed E-state index contributed by atoms with van der Waals surface area (Å²) in [4.78, 5) is 24.9. The first-order chi connectivity index (χ1) is 17.4. The van der Waals surface area contributed by atoms with E-state index in [0.29, 0.717) is 30.6 Å². The van der Waals surface area contributed by atoms with E-state index in [-0.39, 0.29) is 17.8 Å². The van der Waals surface area contributed by atoms with E-state index < -0.39 is 0 Å². The van der Waals surface area contributed by atoms with Gasteiger partial charge in [0, 0.05) is 23.2 Å². The molecule has 0 saturated heterocycles. The fourth-order valence-electron chi connectivity index (χ4n) is 4.77. The fraction of sp³-hybridized carbons (Fsp3) is 0.233. The summed E-state index contributed by atoms with van der Waals surface area (Å²) < 4.78 is 8.03. The minimum absolute atomic E-state index is 0.0434. The second kappa shape index (κ2) is 9.82. The highest BCUT2D eigenvalue weighted by Crippen LogP contribution is 2.34. The average Bonchev–Trinajstić information content (AvgIpc) is 3.43. The number of nitrogens with one attached hydrogen (secondary N) is 1. The van der Waals surface area contributed by atoms with Gasteiger partial charge in [0.05, 0.1) is 18.8 Å². The van der Waals surface area contributed by atoms with E-state index in [1.165, 1.54) is 0 Å². The van der Waals surface area contributed by atoms with Gasteiger partial charge in [0.1, 0.15) is 11.9 Å². The second-order valence-corrected chi connectivity index (χ2v) is 9.36. The van der Waals surface area contributed by atoms with E-state index in [1.54, 1.807) is 6.92 Å². The summed E-state index contributed by atoms with van der Waals surface area (Å²) in [6.07, 6.45) is 0.559. The Morgan fingerprint density at radius 3 is 2.64 bits per heavy atom. The number of fused-ring (bicyclic) bond motifs is 1. The average molecular weight is 480 g/mol. The molecule has 0 unspecified atom stereocenters. The first kappa shape index (κ1) is 23.5. The Balaban J connectivity index is 1.22. The molecule has 3 aromatic carbocycles.